The fourth-order valence-electron chi connectivity index (χ4n) is 5.53. The Labute approximate surface area is 261 Å². The first-order valence-corrected chi connectivity index (χ1v) is 16.1. The van der Waals surface area contributed by atoms with E-state index in [0.29, 0.717) is 30.6 Å². The number of likely N-dealkylation sites (tertiary alicyclic amines) is 1. The summed E-state index contributed by atoms with van der Waals surface area (Å²) in [4.78, 5) is 11.3. The van der Waals surface area contributed by atoms with Crippen molar-refractivity contribution >= 4 is 16.0 Å². The first-order valence-electron chi connectivity index (χ1n) is 14.6. The number of rotatable bonds is 11. The van der Waals surface area contributed by atoms with Crippen LogP contribution in [0, 0.1) is 0 Å². The number of carbonyl (C=O) groups is 1. The van der Waals surface area contributed by atoms with Gasteiger partial charge in [-0.05, 0) is 85.3 Å². The highest BCUT2D eigenvalue weighted by Crippen LogP contribution is 2.35. The number of aliphatic carboxylic acids is 1. The zero-order chi connectivity index (χ0) is 32.6. The number of hydrogen-bond donors (Lipinski definition) is 3. The minimum Gasteiger partial charge on any atom is -0.496 e. The van der Waals surface area contributed by atoms with E-state index in [1.54, 1.807) is 19.2 Å². The Morgan fingerprint density at radius 1 is 0.956 bits per heavy atom. The van der Waals surface area contributed by atoms with Crippen LogP contribution < -0.4 is 19.5 Å². The van der Waals surface area contributed by atoms with Crippen LogP contribution in [0.4, 0.5) is 13.2 Å². The molecule has 13 heteroatoms. The highest BCUT2D eigenvalue weighted by molar-refractivity contribution is 7.89. The number of benzene rings is 3. The van der Waals surface area contributed by atoms with Gasteiger partial charge in [0.1, 0.15) is 16.4 Å². The number of carboxylic acid groups (broad SMARTS) is 1. The van der Waals surface area contributed by atoms with Gasteiger partial charge in [0.05, 0.1) is 14.2 Å². The summed E-state index contributed by atoms with van der Waals surface area (Å²) in [6.45, 7) is 3.84. The Hall–Kier alpha value is -3.65. The number of alkyl halides is 3. The number of carboxylic acids is 1. The molecular weight excluding hydrogens is 611 g/mol. The number of nitrogens with one attached hydrogen (secondary N) is 2. The molecule has 9 nitrogen and oxygen atoms in total. The van der Waals surface area contributed by atoms with Crippen LogP contribution in [0.3, 0.4) is 0 Å². The standard InChI is InChI=1S/C30H37N3O4S.C2HF3O2/c1-36-28-11-9-22(21-31-26-18-23-7-3-4-8-24(23)19-26)17-27(28)25-10-12-29(37-2)30(20-25)38(34,35)32-13-16-33-14-5-6-15-33;3-2(4,5)1(6)7/h3-4,7-12,17,20,26,31-32H,5-6,13-16,18-19,21H2,1-2H3;(H,6,7). The van der Waals surface area contributed by atoms with Crippen molar-refractivity contribution in [1.29, 1.82) is 0 Å². The van der Waals surface area contributed by atoms with Crippen LogP contribution in [0.2, 0.25) is 0 Å². The number of ether oxygens (including phenoxy) is 2. The monoisotopic (exact) mass is 649 g/mol. The second-order valence-electron chi connectivity index (χ2n) is 10.9. The quantitative estimate of drug-likeness (QED) is 0.275. The van der Waals surface area contributed by atoms with Crippen molar-refractivity contribution in [2.75, 3.05) is 40.4 Å². The molecule has 3 aromatic rings. The fourth-order valence-corrected chi connectivity index (χ4v) is 6.75. The Morgan fingerprint density at radius 3 is 2.13 bits per heavy atom. The van der Waals surface area contributed by atoms with Gasteiger partial charge in [0.2, 0.25) is 10.0 Å². The minimum atomic E-state index is -5.08. The van der Waals surface area contributed by atoms with E-state index in [4.69, 9.17) is 19.4 Å². The van der Waals surface area contributed by atoms with Gasteiger partial charge in [-0.3, -0.25) is 0 Å². The van der Waals surface area contributed by atoms with E-state index in [-0.39, 0.29) is 4.90 Å². The summed E-state index contributed by atoms with van der Waals surface area (Å²) in [5, 5.41) is 10.8. The van der Waals surface area contributed by atoms with Crippen molar-refractivity contribution in [3.63, 3.8) is 0 Å². The zero-order valence-electron chi connectivity index (χ0n) is 25.2. The van der Waals surface area contributed by atoms with Crippen molar-refractivity contribution in [3.05, 3.63) is 77.4 Å². The molecule has 0 radical (unpaired) electrons. The number of halogens is 3. The third-order valence-corrected chi connectivity index (χ3v) is 9.32. The molecule has 1 aliphatic heterocycles. The first-order chi connectivity index (χ1) is 21.4. The number of hydrogen-bond acceptors (Lipinski definition) is 7. The van der Waals surface area contributed by atoms with Crippen molar-refractivity contribution in [3.8, 4) is 22.6 Å². The predicted octanol–water partition coefficient (Wildman–Crippen LogP) is 4.64. The Kier molecular flexibility index (Phi) is 11.5. The summed E-state index contributed by atoms with van der Waals surface area (Å²) in [5.41, 5.74) is 5.55. The summed E-state index contributed by atoms with van der Waals surface area (Å²) >= 11 is 0. The molecule has 2 aliphatic rings. The highest BCUT2D eigenvalue weighted by Gasteiger charge is 2.38. The first kappa shape index (κ1) is 34.2. The second kappa shape index (κ2) is 15.1. The Bertz CT molecular complexity index is 1550. The molecule has 5 rings (SSSR count). The maximum Gasteiger partial charge on any atom is 0.490 e. The van der Waals surface area contributed by atoms with E-state index in [1.165, 1.54) is 31.1 Å². The summed E-state index contributed by atoms with van der Waals surface area (Å²) in [6, 6.07) is 20.4. The molecule has 0 spiro atoms. The smallest absolute Gasteiger partial charge is 0.490 e. The molecule has 3 aromatic carbocycles. The summed E-state index contributed by atoms with van der Waals surface area (Å²) in [7, 11) is -0.632. The van der Waals surface area contributed by atoms with E-state index in [1.807, 2.05) is 12.1 Å². The average molecular weight is 650 g/mol. The Balaban J connectivity index is 0.000000591. The molecule has 0 atom stereocenters. The molecule has 3 N–H and O–H groups in total. The summed E-state index contributed by atoms with van der Waals surface area (Å²) in [5.74, 6) is -1.75. The third-order valence-electron chi connectivity index (χ3n) is 7.84. The topological polar surface area (TPSA) is 117 Å². The largest absolute Gasteiger partial charge is 0.496 e. The van der Waals surface area contributed by atoms with Crippen LogP contribution in [0.25, 0.3) is 11.1 Å². The average Bonchev–Trinajstić information content (AvgIpc) is 3.69. The molecule has 45 heavy (non-hydrogen) atoms. The van der Waals surface area contributed by atoms with Gasteiger partial charge in [-0.1, -0.05) is 36.4 Å². The molecule has 1 fully saturated rings. The van der Waals surface area contributed by atoms with Gasteiger partial charge in [-0.25, -0.2) is 17.9 Å². The van der Waals surface area contributed by atoms with Crippen LogP contribution in [-0.4, -0.2) is 77.0 Å². The van der Waals surface area contributed by atoms with Gasteiger partial charge in [-0.2, -0.15) is 13.2 Å². The molecular formula is C32H38F3N3O6S. The molecule has 0 bridgehead atoms. The molecule has 1 heterocycles. The van der Waals surface area contributed by atoms with Gasteiger partial charge < -0.3 is 24.8 Å². The highest BCUT2D eigenvalue weighted by atomic mass is 32.2. The lowest BCUT2D eigenvalue weighted by molar-refractivity contribution is -0.192. The van der Waals surface area contributed by atoms with Gasteiger partial charge in [0, 0.05) is 31.2 Å². The number of fused-ring (bicyclic) bond motifs is 1. The number of methoxy groups -OCH3 is 2. The maximum atomic E-state index is 13.3. The SMILES string of the molecule is COc1ccc(CNC2Cc3ccccc3C2)cc1-c1ccc(OC)c(S(=O)(=O)NCCN2CCCC2)c1.O=C(O)C(F)(F)F. The van der Waals surface area contributed by atoms with E-state index in [0.717, 1.165) is 49.2 Å². The van der Waals surface area contributed by atoms with Crippen molar-refractivity contribution in [1.82, 2.24) is 14.9 Å². The van der Waals surface area contributed by atoms with E-state index < -0.39 is 22.2 Å². The number of nitrogens with zero attached hydrogens (tertiary/aromatic N) is 1. The lowest BCUT2D eigenvalue weighted by Gasteiger charge is -2.17. The minimum absolute atomic E-state index is 0.133. The molecule has 0 saturated carbocycles. The van der Waals surface area contributed by atoms with Gasteiger partial charge >= 0.3 is 12.1 Å². The third kappa shape index (κ3) is 9.19. The van der Waals surface area contributed by atoms with E-state index >= 15 is 0 Å². The fraction of sp³-hybridized carbons (Fsp3) is 0.406. The molecule has 244 valence electrons. The normalized spacial score (nSPS) is 15.3. The summed E-state index contributed by atoms with van der Waals surface area (Å²) < 4.78 is 72.2. The van der Waals surface area contributed by atoms with Crippen molar-refractivity contribution < 1.29 is 41.0 Å². The molecule has 0 amide bonds. The van der Waals surface area contributed by atoms with Crippen LogP contribution >= 0.6 is 0 Å². The van der Waals surface area contributed by atoms with Crippen LogP contribution in [-0.2, 0) is 34.2 Å². The second-order valence-corrected chi connectivity index (χ2v) is 12.6. The predicted molar refractivity (Wildman–Crippen MR) is 164 cm³/mol. The molecule has 1 saturated heterocycles. The van der Waals surface area contributed by atoms with E-state index in [2.05, 4.69) is 51.3 Å². The maximum absolute atomic E-state index is 13.3. The summed E-state index contributed by atoms with van der Waals surface area (Å²) in [6.07, 6.45) is -0.673. The van der Waals surface area contributed by atoms with Gasteiger partial charge in [0.25, 0.3) is 0 Å². The van der Waals surface area contributed by atoms with Gasteiger partial charge in [-0.15, -0.1) is 0 Å². The van der Waals surface area contributed by atoms with Crippen LogP contribution in [0.1, 0.15) is 29.5 Å². The molecule has 1 aliphatic carbocycles. The van der Waals surface area contributed by atoms with E-state index in [9.17, 15) is 21.6 Å². The Morgan fingerprint density at radius 2 is 1.56 bits per heavy atom. The van der Waals surface area contributed by atoms with Gasteiger partial charge in [0.15, 0.2) is 0 Å². The number of sulfonamides is 1. The van der Waals surface area contributed by atoms with Crippen molar-refractivity contribution in [2.45, 2.75) is 49.3 Å². The lowest BCUT2D eigenvalue weighted by Crippen LogP contribution is -2.33. The lowest BCUT2D eigenvalue weighted by atomic mass is 10.0. The molecule has 0 aromatic heterocycles. The van der Waals surface area contributed by atoms with Crippen molar-refractivity contribution in [2.24, 2.45) is 0 Å². The van der Waals surface area contributed by atoms with Crippen LogP contribution in [0.5, 0.6) is 11.5 Å². The van der Waals surface area contributed by atoms with Crippen LogP contribution in [0.15, 0.2) is 65.6 Å². The molecule has 0 unspecified atom stereocenters. The zero-order valence-corrected chi connectivity index (χ0v) is 26.0.